The van der Waals surface area contributed by atoms with Gasteiger partial charge in [-0.05, 0) is 42.8 Å². The smallest absolute Gasteiger partial charge is 0.239 e. The summed E-state index contributed by atoms with van der Waals surface area (Å²) >= 11 is 1.65. The molecule has 0 bridgehead atoms. The van der Waals surface area contributed by atoms with Crippen molar-refractivity contribution in [2.24, 2.45) is 0 Å². The van der Waals surface area contributed by atoms with Gasteiger partial charge >= 0.3 is 0 Å². The van der Waals surface area contributed by atoms with Gasteiger partial charge in [0.2, 0.25) is 11.8 Å². The van der Waals surface area contributed by atoms with Gasteiger partial charge in [-0.1, -0.05) is 37.3 Å². The second kappa shape index (κ2) is 10.1. The Morgan fingerprint density at radius 3 is 2.35 bits per heavy atom. The lowest BCUT2D eigenvalue weighted by Gasteiger charge is -2.18. The molecule has 0 aliphatic heterocycles. The fourth-order valence-corrected chi connectivity index (χ4v) is 3.42. The average Bonchev–Trinajstić information content (AvgIpc) is 3.14. The van der Waals surface area contributed by atoms with Crippen molar-refractivity contribution < 1.29 is 9.59 Å². The van der Waals surface area contributed by atoms with Crippen molar-refractivity contribution in [3.8, 4) is 0 Å². The molecule has 0 saturated heterocycles. The quantitative estimate of drug-likeness (QED) is 0.633. The third kappa shape index (κ3) is 6.28. The van der Waals surface area contributed by atoms with Crippen LogP contribution in [0.4, 0.5) is 0 Å². The van der Waals surface area contributed by atoms with Crippen molar-refractivity contribution >= 4 is 23.2 Å². The van der Waals surface area contributed by atoms with Crippen LogP contribution in [-0.2, 0) is 16.0 Å². The minimum absolute atomic E-state index is 0.00639. The van der Waals surface area contributed by atoms with E-state index >= 15 is 0 Å². The van der Waals surface area contributed by atoms with E-state index in [-0.39, 0.29) is 37.0 Å². The molecule has 0 aliphatic rings. The summed E-state index contributed by atoms with van der Waals surface area (Å²) in [5.41, 5.74) is 2.41. The first-order valence-electron chi connectivity index (χ1n) is 8.91. The Hall–Kier alpha value is -2.18. The van der Waals surface area contributed by atoms with Crippen LogP contribution in [0.1, 0.15) is 42.8 Å². The molecule has 2 aromatic rings. The molecule has 2 amide bonds. The van der Waals surface area contributed by atoms with Crippen molar-refractivity contribution in [2.75, 3.05) is 13.1 Å². The van der Waals surface area contributed by atoms with E-state index in [0.29, 0.717) is 0 Å². The Morgan fingerprint density at radius 1 is 1.04 bits per heavy atom. The molecule has 1 heterocycles. The molecule has 6 heteroatoms. The number of carbonyl (C=O) groups excluding carboxylic acids is 2. The van der Waals surface area contributed by atoms with E-state index in [9.17, 15) is 9.59 Å². The number of hydrogen-bond donors (Lipinski definition) is 3. The molecule has 0 aliphatic carbocycles. The van der Waals surface area contributed by atoms with Gasteiger partial charge in [-0.2, -0.15) is 0 Å². The van der Waals surface area contributed by atoms with Crippen LogP contribution in [0.5, 0.6) is 0 Å². The molecule has 5 nitrogen and oxygen atoms in total. The SMILES string of the molecule is CCc1ccc([C@H](NCC(=O)NCC(=O)NC(C)C)c2cccs2)cc1. The molecule has 0 radical (unpaired) electrons. The van der Waals surface area contributed by atoms with E-state index in [0.717, 1.165) is 16.9 Å². The van der Waals surface area contributed by atoms with Crippen LogP contribution in [-0.4, -0.2) is 30.9 Å². The Bertz CT molecular complexity index is 696. The summed E-state index contributed by atoms with van der Waals surface area (Å²) in [5.74, 6) is -0.381. The summed E-state index contributed by atoms with van der Waals surface area (Å²) in [6.07, 6.45) is 0.998. The van der Waals surface area contributed by atoms with Gasteiger partial charge in [-0.15, -0.1) is 11.3 Å². The Labute approximate surface area is 159 Å². The van der Waals surface area contributed by atoms with Crippen molar-refractivity contribution in [1.29, 1.82) is 0 Å². The highest BCUT2D eigenvalue weighted by Crippen LogP contribution is 2.26. The zero-order chi connectivity index (χ0) is 18.9. The van der Waals surface area contributed by atoms with Crippen LogP contribution in [0.2, 0.25) is 0 Å². The third-order valence-corrected chi connectivity index (χ3v) is 4.85. The maximum absolute atomic E-state index is 12.1. The lowest BCUT2D eigenvalue weighted by atomic mass is 10.0. The topological polar surface area (TPSA) is 70.2 Å². The average molecular weight is 374 g/mol. The fraction of sp³-hybridized carbons (Fsp3) is 0.400. The first-order valence-corrected chi connectivity index (χ1v) is 9.79. The summed E-state index contributed by atoms with van der Waals surface area (Å²) in [4.78, 5) is 24.9. The number of thiophene rings is 1. The number of benzene rings is 1. The lowest BCUT2D eigenvalue weighted by molar-refractivity contribution is -0.125. The largest absolute Gasteiger partial charge is 0.352 e. The van der Waals surface area contributed by atoms with E-state index in [1.165, 1.54) is 5.56 Å². The van der Waals surface area contributed by atoms with E-state index in [1.807, 2.05) is 25.3 Å². The third-order valence-electron chi connectivity index (χ3n) is 3.91. The summed E-state index contributed by atoms with van der Waals surface area (Å²) < 4.78 is 0. The highest BCUT2D eigenvalue weighted by molar-refractivity contribution is 7.10. The van der Waals surface area contributed by atoms with Crippen molar-refractivity contribution in [3.63, 3.8) is 0 Å². The van der Waals surface area contributed by atoms with Gasteiger partial charge in [0.15, 0.2) is 0 Å². The second-order valence-corrected chi connectivity index (χ2v) is 7.40. The van der Waals surface area contributed by atoms with E-state index in [2.05, 4.69) is 53.2 Å². The van der Waals surface area contributed by atoms with E-state index in [4.69, 9.17) is 0 Å². The molecule has 26 heavy (non-hydrogen) atoms. The first-order chi connectivity index (χ1) is 12.5. The Balaban J connectivity index is 1.95. The van der Waals surface area contributed by atoms with Crippen LogP contribution in [0.3, 0.4) is 0 Å². The lowest BCUT2D eigenvalue weighted by Crippen LogP contribution is -2.43. The van der Waals surface area contributed by atoms with Gasteiger partial charge in [0.25, 0.3) is 0 Å². The van der Waals surface area contributed by atoms with Crippen LogP contribution >= 0.6 is 11.3 Å². The molecule has 0 spiro atoms. The van der Waals surface area contributed by atoms with E-state index in [1.54, 1.807) is 11.3 Å². The number of amides is 2. The van der Waals surface area contributed by atoms with Crippen LogP contribution in [0, 0.1) is 0 Å². The standard InChI is InChI=1S/C20H27N3O2S/c1-4-15-7-9-16(10-8-15)20(17-6-5-11-26-17)22-12-18(24)21-13-19(25)23-14(2)3/h5-11,14,20,22H,4,12-13H2,1-3H3,(H,21,24)(H,23,25)/t20-/m0/s1. The number of carbonyl (C=O) groups is 2. The van der Waals surface area contributed by atoms with Crippen LogP contribution in [0.25, 0.3) is 0 Å². The molecular weight excluding hydrogens is 346 g/mol. The number of rotatable bonds is 9. The summed E-state index contributed by atoms with van der Waals surface area (Å²) in [7, 11) is 0. The van der Waals surface area contributed by atoms with Gasteiger partial charge in [0.05, 0.1) is 19.1 Å². The van der Waals surface area contributed by atoms with Gasteiger partial charge in [0, 0.05) is 10.9 Å². The number of hydrogen-bond acceptors (Lipinski definition) is 4. The zero-order valence-corrected chi connectivity index (χ0v) is 16.4. The molecule has 140 valence electrons. The molecule has 2 rings (SSSR count). The summed E-state index contributed by atoms with van der Waals surface area (Å²) in [6.45, 7) is 6.04. The molecule has 1 aromatic carbocycles. The van der Waals surface area contributed by atoms with Crippen molar-refractivity contribution in [2.45, 2.75) is 39.3 Å². The molecule has 1 aromatic heterocycles. The maximum Gasteiger partial charge on any atom is 0.239 e. The van der Waals surface area contributed by atoms with Gasteiger partial charge in [-0.3, -0.25) is 14.9 Å². The highest BCUT2D eigenvalue weighted by atomic mass is 32.1. The number of nitrogens with one attached hydrogen (secondary N) is 3. The minimum atomic E-state index is -0.198. The van der Waals surface area contributed by atoms with Gasteiger partial charge < -0.3 is 10.6 Å². The molecule has 1 atom stereocenters. The monoisotopic (exact) mass is 373 g/mol. The highest BCUT2D eigenvalue weighted by Gasteiger charge is 2.16. The predicted molar refractivity (Wildman–Crippen MR) is 106 cm³/mol. The Morgan fingerprint density at radius 2 is 1.77 bits per heavy atom. The maximum atomic E-state index is 12.1. The second-order valence-electron chi connectivity index (χ2n) is 6.42. The predicted octanol–water partition coefficient (Wildman–Crippen LogP) is 2.63. The van der Waals surface area contributed by atoms with Gasteiger partial charge in [-0.25, -0.2) is 0 Å². The van der Waals surface area contributed by atoms with Crippen LogP contribution in [0.15, 0.2) is 41.8 Å². The fourth-order valence-electron chi connectivity index (χ4n) is 2.59. The van der Waals surface area contributed by atoms with Crippen molar-refractivity contribution in [3.05, 3.63) is 57.8 Å². The van der Waals surface area contributed by atoms with Crippen molar-refractivity contribution in [1.82, 2.24) is 16.0 Å². The molecule has 3 N–H and O–H groups in total. The van der Waals surface area contributed by atoms with Gasteiger partial charge in [0.1, 0.15) is 0 Å². The molecule has 0 saturated carbocycles. The molecule has 0 fully saturated rings. The summed E-state index contributed by atoms with van der Waals surface area (Å²) in [6, 6.07) is 12.5. The first kappa shape index (κ1) is 20.1. The number of aryl methyl sites for hydroxylation is 1. The normalized spacial score (nSPS) is 12.0. The zero-order valence-electron chi connectivity index (χ0n) is 15.5. The molecule has 0 unspecified atom stereocenters. The summed E-state index contributed by atoms with van der Waals surface area (Å²) in [5, 5.41) is 10.7. The van der Waals surface area contributed by atoms with E-state index < -0.39 is 0 Å². The minimum Gasteiger partial charge on any atom is -0.352 e. The Kier molecular flexibility index (Phi) is 7.81. The molecular formula is C20H27N3O2S. The van der Waals surface area contributed by atoms with Crippen LogP contribution < -0.4 is 16.0 Å².